The van der Waals surface area contributed by atoms with E-state index in [1.54, 1.807) is 4.74 Å². The van der Waals surface area contributed by atoms with E-state index in [4.69, 9.17) is 0 Å². The molecule has 0 atom stereocenters. The standard InChI is InChI=1S/C7H3F13O3/c1-2(8,9)21-3(10,11)4(12,13)22-5(14,15)6(16,17)23-7(18,19)20/h1H3. The third-order valence-corrected chi connectivity index (χ3v) is 1.49. The molecule has 0 unspecified atom stereocenters. The fourth-order valence-electron chi connectivity index (χ4n) is 0.769. The van der Waals surface area contributed by atoms with Crippen molar-refractivity contribution in [1.82, 2.24) is 0 Å². The molecule has 0 aromatic carbocycles. The third kappa shape index (κ3) is 6.17. The Bertz CT molecular complexity index is 371. The van der Waals surface area contributed by atoms with Crippen LogP contribution in [-0.4, -0.2) is 36.9 Å². The van der Waals surface area contributed by atoms with E-state index < -0.39 is 43.8 Å². The van der Waals surface area contributed by atoms with Gasteiger partial charge in [-0.3, -0.25) is 0 Å². The second-order valence-corrected chi connectivity index (χ2v) is 3.63. The number of ether oxygens (including phenoxy) is 3. The highest BCUT2D eigenvalue weighted by Gasteiger charge is 2.73. The average molecular weight is 382 g/mol. The summed E-state index contributed by atoms with van der Waals surface area (Å²) in [5.41, 5.74) is 0. The fraction of sp³-hybridized carbons (Fsp3) is 1.00. The van der Waals surface area contributed by atoms with Crippen LogP contribution in [0.25, 0.3) is 0 Å². The highest BCUT2D eigenvalue weighted by Crippen LogP contribution is 2.48. The molecule has 3 nitrogen and oxygen atoms in total. The van der Waals surface area contributed by atoms with Crippen LogP contribution in [0.15, 0.2) is 0 Å². The van der Waals surface area contributed by atoms with E-state index in [0.717, 1.165) is 0 Å². The van der Waals surface area contributed by atoms with E-state index in [9.17, 15) is 57.1 Å². The predicted molar refractivity (Wildman–Crippen MR) is 39.7 cm³/mol. The minimum Gasteiger partial charge on any atom is -0.248 e. The molecule has 0 fully saturated rings. The van der Waals surface area contributed by atoms with E-state index in [2.05, 4.69) is 4.74 Å². The number of alkyl halides is 13. The van der Waals surface area contributed by atoms with Gasteiger partial charge in [-0.05, 0) is 0 Å². The lowest BCUT2D eigenvalue weighted by molar-refractivity contribution is -0.563. The molecule has 0 aliphatic heterocycles. The zero-order valence-corrected chi connectivity index (χ0v) is 10.1. The van der Waals surface area contributed by atoms with Gasteiger partial charge in [0, 0.05) is 6.92 Å². The molecule has 0 aliphatic rings. The molecule has 23 heavy (non-hydrogen) atoms. The molecule has 0 radical (unpaired) electrons. The van der Waals surface area contributed by atoms with Crippen molar-refractivity contribution in [3.05, 3.63) is 0 Å². The largest absolute Gasteiger partial charge is 0.527 e. The van der Waals surface area contributed by atoms with Crippen LogP contribution < -0.4 is 0 Å². The maximum atomic E-state index is 12.6. The lowest BCUT2D eigenvalue weighted by atomic mass is 10.5. The van der Waals surface area contributed by atoms with E-state index in [-0.39, 0.29) is 0 Å². The van der Waals surface area contributed by atoms with E-state index >= 15 is 0 Å². The average Bonchev–Trinajstić information content (AvgIpc) is 2.05. The maximum absolute atomic E-state index is 12.6. The number of hydrogen-bond acceptors (Lipinski definition) is 3. The fourth-order valence-corrected chi connectivity index (χ4v) is 0.769. The molecule has 0 aromatic rings. The van der Waals surface area contributed by atoms with Crippen LogP contribution in [-0.2, 0) is 14.2 Å². The minimum atomic E-state index is -7.01. The second kappa shape index (κ2) is 5.80. The Balaban J connectivity index is 5.41. The zero-order valence-electron chi connectivity index (χ0n) is 10.1. The Morgan fingerprint density at radius 1 is 0.435 bits per heavy atom. The first-order valence-electron chi connectivity index (χ1n) is 4.68. The van der Waals surface area contributed by atoms with Crippen molar-refractivity contribution in [2.75, 3.05) is 0 Å². The Hall–Kier alpha value is -1.03. The normalized spacial score (nSPS) is 15.9. The van der Waals surface area contributed by atoms with Crippen molar-refractivity contribution >= 4 is 0 Å². The summed E-state index contributed by atoms with van der Waals surface area (Å²) in [7, 11) is 0. The maximum Gasteiger partial charge on any atom is 0.527 e. The molecule has 0 spiro atoms. The van der Waals surface area contributed by atoms with Gasteiger partial charge in [-0.2, -0.15) is 43.9 Å². The van der Waals surface area contributed by atoms with Crippen molar-refractivity contribution < 1.29 is 71.3 Å². The van der Waals surface area contributed by atoms with E-state index in [0.29, 0.717) is 0 Å². The summed E-state index contributed by atoms with van der Waals surface area (Å²) in [5.74, 6) is 0. The van der Waals surface area contributed by atoms with Crippen molar-refractivity contribution in [1.29, 1.82) is 0 Å². The van der Waals surface area contributed by atoms with E-state index in [1.807, 2.05) is 0 Å². The molecule has 0 aromatic heterocycles. The summed E-state index contributed by atoms with van der Waals surface area (Å²) in [4.78, 5) is 0. The van der Waals surface area contributed by atoms with Crippen LogP contribution in [0.3, 0.4) is 0 Å². The van der Waals surface area contributed by atoms with Gasteiger partial charge in [-0.15, -0.1) is 13.2 Å². The predicted octanol–water partition coefficient (Wildman–Crippen LogP) is 4.54. The topological polar surface area (TPSA) is 27.7 Å². The SMILES string of the molecule is CC(F)(F)OC(F)(F)C(F)(F)OC(F)(F)C(F)(F)OC(F)(F)F. The summed E-state index contributed by atoms with van der Waals surface area (Å²) in [5, 5.41) is 0. The molecule has 0 amide bonds. The van der Waals surface area contributed by atoms with Crippen molar-refractivity contribution in [2.45, 2.75) is 43.8 Å². The highest BCUT2D eigenvalue weighted by molar-refractivity contribution is 4.75. The van der Waals surface area contributed by atoms with Crippen molar-refractivity contribution in [3.8, 4) is 0 Å². The van der Waals surface area contributed by atoms with Gasteiger partial charge in [0.2, 0.25) is 0 Å². The number of rotatable bonds is 7. The first-order chi connectivity index (χ1) is 9.62. The molecule has 0 rings (SSSR count). The molecular formula is C7H3F13O3. The van der Waals surface area contributed by atoms with Crippen LogP contribution >= 0.6 is 0 Å². The van der Waals surface area contributed by atoms with Gasteiger partial charge in [0.05, 0.1) is 0 Å². The van der Waals surface area contributed by atoms with Gasteiger partial charge in [0.1, 0.15) is 0 Å². The van der Waals surface area contributed by atoms with Crippen LogP contribution in [0, 0.1) is 0 Å². The lowest BCUT2D eigenvalue weighted by Gasteiger charge is -2.32. The Morgan fingerprint density at radius 2 is 0.696 bits per heavy atom. The molecule has 16 heteroatoms. The molecule has 0 bridgehead atoms. The van der Waals surface area contributed by atoms with Crippen LogP contribution in [0.4, 0.5) is 57.1 Å². The Labute approximate surface area is 116 Å². The number of hydrogen-bond donors (Lipinski definition) is 0. The van der Waals surface area contributed by atoms with Crippen LogP contribution in [0.5, 0.6) is 0 Å². The first-order valence-corrected chi connectivity index (χ1v) is 4.68. The van der Waals surface area contributed by atoms with Crippen LogP contribution in [0.1, 0.15) is 6.92 Å². The minimum absolute atomic E-state index is 0.559. The van der Waals surface area contributed by atoms with Gasteiger partial charge in [0.25, 0.3) is 0 Å². The first kappa shape index (κ1) is 22.0. The molecule has 0 aliphatic carbocycles. The van der Waals surface area contributed by atoms with E-state index in [1.165, 1.54) is 4.74 Å². The second-order valence-electron chi connectivity index (χ2n) is 3.63. The summed E-state index contributed by atoms with van der Waals surface area (Å²) >= 11 is 0. The van der Waals surface area contributed by atoms with Crippen LogP contribution in [0.2, 0.25) is 0 Å². The highest BCUT2D eigenvalue weighted by atomic mass is 19.4. The molecule has 0 N–H and O–H groups in total. The summed E-state index contributed by atoms with van der Waals surface area (Å²) in [6, 6.07) is 0. The van der Waals surface area contributed by atoms with Gasteiger partial charge in [-0.25, -0.2) is 14.2 Å². The lowest BCUT2D eigenvalue weighted by Crippen LogP contribution is -2.57. The summed E-state index contributed by atoms with van der Waals surface area (Å²) < 4.78 is 164. The zero-order chi connectivity index (χ0) is 19.1. The monoisotopic (exact) mass is 382 g/mol. The van der Waals surface area contributed by atoms with Gasteiger partial charge < -0.3 is 0 Å². The van der Waals surface area contributed by atoms with Gasteiger partial charge in [-0.1, -0.05) is 0 Å². The Kier molecular flexibility index (Phi) is 5.54. The number of halogens is 13. The molecular weight excluding hydrogens is 379 g/mol. The molecule has 0 heterocycles. The van der Waals surface area contributed by atoms with Gasteiger partial charge in [0.15, 0.2) is 0 Å². The van der Waals surface area contributed by atoms with Gasteiger partial charge >= 0.3 is 36.9 Å². The molecule has 140 valence electrons. The van der Waals surface area contributed by atoms with Crippen molar-refractivity contribution in [3.63, 3.8) is 0 Å². The molecule has 0 saturated heterocycles. The quantitative estimate of drug-likeness (QED) is 0.606. The Morgan fingerprint density at radius 3 is 0.957 bits per heavy atom. The molecule has 0 saturated carbocycles. The summed E-state index contributed by atoms with van der Waals surface area (Å²) in [6.07, 6.45) is -39.0. The summed E-state index contributed by atoms with van der Waals surface area (Å²) in [6.45, 7) is -0.559. The van der Waals surface area contributed by atoms with Crippen molar-refractivity contribution in [2.24, 2.45) is 0 Å². The third-order valence-electron chi connectivity index (χ3n) is 1.49. The smallest absolute Gasteiger partial charge is 0.248 e.